The minimum absolute atomic E-state index is 0.0309. The van der Waals surface area contributed by atoms with Crippen LogP contribution in [0.3, 0.4) is 0 Å². The van der Waals surface area contributed by atoms with E-state index in [4.69, 9.17) is 52.6 Å². The minimum atomic E-state index is -5.08. The Labute approximate surface area is 448 Å². The number of benzene rings is 2. The molecule has 0 unspecified atom stereocenters. The van der Waals surface area contributed by atoms with Crippen molar-refractivity contribution in [1.82, 2.24) is 35.0 Å². The van der Waals surface area contributed by atoms with Gasteiger partial charge in [-0.25, -0.2) is 19.4 Å². The van der Waals surface area contributed by atoms with E-state index in [1.54, 1.807) is 25.3 Å². The lowest BCUT2D eigenvalue weighted by molar-refractivity contribution is -0.193. The minimum Gasteiger partial charge on any atom is -0.475 e. The molecule has 2 aromatic carbocycles. The van der Waals surface area contributed by atoms with Gasteiger partial charge < -0.3 is 63.7 Å². The zero-order valence-electron chi connectivity index (χ0n) is 42.8. The van der Waals surface area contributed by atoms with Gasteiger partial charge in [0.1, 0.15) is 24.5 Å². The topological polar surface area (TPSA) is 395 Å². The average Bonchev–Trinajstić information content (AvgIpc) is 4.00. The second-order valence-corrected chi connectivity index (χ2v) is 16.7. The van der Waals surface area contributed by atoms with Gasteiger partial charge in [0.05, 0.1) is 12.6 Å². The number of amides is 5. The van der Waals surface area contributed by atoms with Crippen LogP contribution >= 0.6 is 0 Å². The molecule has 14 N–H and O–H groups in total. The molecule has 4 aromatic rings. The van der Waals surface area contributed by atoms with Gasteiger partial charge in [0.25, 0.3) is 0 Å². The first kappa shape index (κ1) is 69.2. The molecule has 0 saturated heterocycles. The largest absolute Gasteiger partial charge is 0.490 e. The maximum absolute atomic E-state index is 14.7. The third-order valence-electron chi connectivity index (χ3n) is 10.6. The van der Waals surface area contributed by atoms with Gasteiger partial charge in [-0.3, -0.25) is 38.3 Å². The molecule has 442 valence electrons. The quantitative estimate of drug-likeness (QED) is 0.0233. The van der Waals surface area contributed by atoms with Gasteiger partial charge in [0, 0.05) is 74.8 Å². The number of carbonyl (C=O) groups excluding carboxylic acids is 6. The molecule has 0 aliphatic carbocycles. The predicted molar refractivity (Wildman–Crippen MR) is 264 cm³/mol. The van der Waals surface area contributed by atoms with Crippen LogP contribution in [-0.4, -0.2) is 168 Å². The van der Waals surface area contributed by atoms with Crippen molar-refractivity contribution in [2.24, 2.45) is 27.9 Å². The van der Waals surface area contributed by atoms with Crippen LogP contribution in [0.4, 0.5) is 39.5 Å². The molecule has 2 heterocycles. The van der Waals surface area contributed by atoms with Crippen molar-refractivity contribution in [1.29, 1.82) is 0 Å². The Kier molecular flexibility index (Phi) is 27.9. The number of imidazole rings is 1. The standard InChI is InChI=1S/C41H56N12O6.3C2HF3O2/c1-4-12-36(55)53-25-46-23-28(53)21-30(42)37(56)49-32(19-26-13-7-6-8-14-26)40(59)52(5-2)34(17-11-18-47-41(44)45)38(57)50-33(39(58)51(3)24-35(43)54)20-27-22-48-31-16-10-9-15-29(27)31;3*3-2(4,5)1(6)7/h6-10,13-16,22-23,25,30,32-34,48H,4-5,11-12,17-21,24,42H2,1-3H3,(H2,43,54)(H,49,56)(H,50,57)(H4,44,45,47);3*(H,6,7)/t30-,32+,33-,34-;;;/m0.../s1. The van der Waals surface area contributed by atoms with Crippen LogP contribution in [-0.2, 0) is 57.6 Å². The third-order valence-corrected chi connectivity index (χ3v) is 10.6. The summed E-state index contributed by atoms with van der Waals surface area (Å²) in [5, 5.41) is 27.9. The number of carboxylic acid groups (broad SMARTS) is 3. The highest BCUT2D eigenvalue weighted by atomic mass is 19.4. The Morgan fingerprint density at radius 1 is 0.738 bits per heavy atom. The number of halogens is 9. The smallest absolute Gasteiger partial charge is 0.475 e. The second kappa shape index (κ2) is 32.2. The van der Waals surface area contributed by atoms with E-state index in [0.717, 1.165) is 26.9 Å². The van der Waals surface area contributed by atoms with Crippen LogP contribution in [0.5, 0.6) is 0 Å². The zero-order chi connectivity index (χ0) is 61.3. The van der Waals surface area contributed by atoms with E-state index in [2.05, 4.69) is 25.6 Å². The van der Waals surface area contributed by atoms with Gasteiger partial charge in [0.15, 0.2) is 5.96 Å². The molecular weight excluding hydrogens is 1100 g/mol. The number of nitrogens with zero attached hydrogens (tertiary/aromatic N) is 5. The number of H-pyrrole nitrogens is 1. The van der Waals surface area contributed by atoms with Gasteiger partial charge in [-0.1, -0.05) is 55.5 Å². The number of guanidine groups is 1. The number of aromatic amines is 1. The molecule has 4 rings (SSSR count). The fourth-order valence-corrected chi connectivity index (χ4v) is 6.90. The molecular formula is C47H59F9N12O12. The molecule has 0 spiro atoms. The van der Waals surface area contributed by atoms with Crippen LogP contribution < -0.4 is 33.6 Å². The number of likely N-dealkylation sites (N-methyl/N-ethyl adjacent to an activating group) is 2. The van der Waals surface area contributed by atoms with Gasteiger partial charge in [-0.2, -0.15) is 39.5 Å². The van der Waals surface area contributed by atoms with E-state index in [9.17, 15) is 68.3 Å². The number of nitrogens with one attached hydrogen (secondary N) is 3. The highest BCUT2D eigenvalue weighted by Crippen LogP contribution is 2.21. The summed E-state index contributed by atoms with van der Waals surface area (Å²) in [7, 11) is 1.41. The van der Waals surface area contributed by atoms with E-state index in [1.807, 2.05) is 49.4 Å². The Balaban J connectivity index is 0.00000128. The predicted octanol–water partition coefficient (Wildman–Crippen LogP) is 2.24. The van der Waals surface area contributed by atoms with Crippen LogP contribution in [0.25, 0.3) is 10.9 Å². The number of para-hydroxylation sites is 1. The summed E-state index contributed by atoms with van der Waals surface area (Å²) in [6.45, 7) is 3.37. The normalized spacial score (nSPS) is 12.6. The first-order chi connectivity index (χ1) is 37.1. The first-order valence-electron chi connectivity index (χ1n) is 23.4. The molecule has 0 aliphatic rings. The zero-order valence-corrected chi connectivity index (χ0v) is 42.8. The number of aliphatic carboxylic acids is 3. The van der Waals surface area contributed by atoms with E-state index in [0.29, 0.717) is 12.1 Å². The summed E-state index contributed by atoms with van der Waals surface area (Å²) in [5.74, 6) is -11.8. The van der Waals surface area contributed by atoms with Gasteiger partial charge >= 0.3 is 36.4 Å². The lowest BCUT2D eigenvalue weighted by Crippen LogP contribution is -2.60. The summed E-state index contributed by atoms with van der Waals surface area (Å²) >= 11 is 0. The van der Waals surface area contributed by atoms with Gasteiger partial charge in [-0.15, -0.1) is 0 Å². The Morgan fingerprint density at radius 3 is 1.75 bits per heavy atom. The van der Waals surface area contributed by atoms with Crippen molar-refractivity contribution in [3.05, 3.63) is 90.1 Å². The van der Waals surface area contributed by atoms with Crippen LogP contribution in [0.1, 0.15) is 61.1 Å². The lowest BCUT2D eigenvalue weighted by Gasteiger charge is -2.34. The van der Waals surface area contributed by atoms with Crippen LogP contribution in [0, 0.1) is 0 Å². The molecule has 0 saturated carbocycles. The number of primary amides is 1. The molecule has 0 aliphatic heterocycles. The van der Waals surface area contributed by atoms with E-state index in [-0.39, 0.29) is 70.0 Å². The summed E-state index contributed by atoms with van der Waals surface area (Å²) in [4.78, 5) is 122. The second-order valence-electron chi connectivity index (χ2n) is 16.7. The molecule has 5 amide bonds. The number of alkyl halides is 9. The number of nitrogens with two attached hydrogens (primary N) is 4. The molecule has 33 heteroatoms. The lowest BCUT2D eigenvalue weighted by atomic mass is 10.00. The molecule has 0 bridgehead atoms. The Hall–Kier alpha value is -8.78. The fraction of sp³-hybridized carbons (Fsp3) is 0.426. The van der Waals surface area contributed by atoms with Crippen LogP contribution in [0.15, 0.2) is 78.3 Å². The van der Waals surface area contributed by atoms with Crippen molar-refractivity contribution < 1.29 is 98.0 Å². The van der Waals surface area contributed by atoms with Crippen molar-refractivity contribution in [3.8, 4) is 0 Å². The fourth-order valence-electron chi connectivity index (χ4n) is 6.90. The molecule has 0 fully saturated rings. The number of fused-ring (bicyclic) bond motifs is 1. The number of carbonyl (C=O) groups is 9. The highest BCUT2D eigenvalue weighted by molar-refractivity contribution is 5.96. The summed E-state index contributed by atoms with van der Waals surface area (Å²) in [6, 6.07) is 11.9. The van der Waals surface area contributed by atoms with E-state index >= 15 is 0 Å². The molecule has 2 aromatic heterocycles. The highest BCUT2D eigenvalue weighted by Gasteiger charge is 2.40. The van der Waals surface area contributed by atoms with Gasteiger partial charge in [-0.05, 0) is 43.4 Å². The molecule has 24 nitrogen and oxygen atoms in total. The Bertz CT molecular complexity index is 2690. The SMILES string of the molecule is CCCC(=O)n1cncc1C[C@H](N)C(=O)N[C@H](Cc1ccccc1)C(=O)N(CC)[C@@H](CCCN=C(N)N)C(=O)N[C@@H](Cc1c[nH]c2ccccc12)C(=O)N(C)CC(N)=O.O=C(O)C(F)(F)F.O=C(O)C(F)(F)F.O=C(O)C(F)(F)F. The number of carboxylic acids is 3. The maximum Gasteiger partial charge on any atom is 0.490 e. The molecule has 80 heavy (non-hydrogen) atoms. The molecule has 4 atom stereocenters. The molecule has 0 radical (unpaired) electrons. The van der Waals surface area contributed by atoms with E-state index < -0.39 is 90.1 Å². The number of rotatable bonds is 22. The van der Waals surface area contributed by atoms with Crippen molar-refractivity contribution in [2.45, 2.75) is 101 Å². The van der Waals surface area contributed by atoms with E-state index in [1.165, 1.54) is 29.0 Å². The number of aliphatic imine (C=N–C) groups is 1. The van der Waals surface area contributed by atoms with Crippen molar-refractivity contribution >= 4 is 70.2 Å². The maximum atomic E-state index is 14.7. The average molecular weight is 1160 g/mol. The first-order valence-corrected chi connectivity index (χ1v) is 23.4. The summed E-state index contributed by atoms with van der Waals surface area (Å²) in [6.07, 6.45) is -9.31. The van der Waals surface area contributed by atoms with Crippen molar-refractivity contribution in [2.75, 3.05) is 26.7 Å². The Morgan fingerprint density at radius 2 is 1.25 bits per heavy atom. The van der Waals surface area contributed by atoms with Crippen molar-refractivity contribution in [3.63, 3.8) is 0 Å². The monoisotopic (exact) mass is 1150 g/mol. The van der Waals surface area contributed by atoms with Gasteiger partial charge in [0.2, 0.25) is 35.4 Å². The summed E-state index contributed by atoms with van der Waals surface area (Å²) in [5.41, 5.74) is 25.7. The summed E-state index contributed by atoms with van der Waals surface area (Å²) < 4.78 is 96.6. The number of aromatic nitrogens is 3. The van der Waals surface area contributed by atoms with Crippen LogP contribution in [0.2, 0.25) is 0 Å². The number of hydrogen-bond acceptors (Lipinski definition) is 12. The third kappa shape index (κ3) is 24.3. The number of hydrogen-bond donors (Lipinski definition) is 10.